The van der Waals surface area contributed by atoms with E-state index in [1.54, 1.807) is 24.3 Å². The van der Waals surface area contributed by atoms with E-state index in [1.807, 2.05) is 36.4 Å². The number of nitrogens with one attached hydrogen (secondary N) is 2. The number of carboxylic acids is 1. The third kappa shape index (κ3) is 7.41. The van der Waals surface area contributed by atoms with Gasteiger partial charge in [0.05, 0.1) is 17.1 Å². The third-order valence-corrected chi connectivity index (χ3v) is 6.84. The summed E-state index contributed by atoms with van der Waals surface area (Å²) in [5.74, 6) is 1.21. The molecule has 0 saturated carbocycles. The van der Waals surface area contributed by atoms with Gasteiger partial charge in [-0.1, -0.05) is 23.7 Å². The Morgan fingerprint density at radius 3 is 2.79 bits per heavy atom. The molecule has 0 amide bonds. The van der Waals surface area contributed by atoms with E-state index in [0.29, 0.717) is 59.5 Å². The number of aliphatic carboxylic acids is 1. The topological polar surface area (TPSA) is 136 Å². The number of nitrogens with two attached hydrogens (primary N) is 1. The van der Waals surface area contributed by atoms with Crippen LogP contribution in [-0.2, 0) is 17.9 Å². The van der Waals surface area contributed by atoms with Crippen LogP contribution in [0.15, 0.2) is 83.5 Å². The van der Waals surface area contributed by atoms with Gasteiger partial charge >= 0.3 is 5.97 Å². The number of hydrogen-bond donors (Lipinski definition) is 4. The van der Waals surface area contributed by atoms with Gasteiger partial charge < -0.3 is 30.6 Å². The van der Waals surface area contributed by atoms with Crippen LogP contribution in [0, 0.1) is 5.82 Å². The van der Waals surface area contributed by atoms with Crippen molar-refractivity contribution < 1.29 is 23.4 Å². The summed E-state index contributed by atoms with van der Waals surface area (Å²) in [4.78, 5) is 19.6. The molecular weight excluding hydrogens is 561 g/mol. The first kappa shape index (κ1) is 29.0. The summed E-state index contributed by atoms with van der Waals surface area (Å²) in [6.07, 6.45) is 2.54. The number of hydrogen-bond acceptors (Lipinski definition) is 8. The number of ether oxygens (including phenoxy) is 1. The van der Waals surface area contributed by atoms with E-state index in [1.165, 1.54) is 18.5 Å². The van der Waals surface area contributed by atoms with Gasteiger partial charge in [0.2, 0.25) is 0 Å². The smallest absolute Gasteiger partial charge is 0.320 e. The van der Waals surface area contributed by atoms with Crippen LogP contribution in [0.3, 0.4) is 0 Å². The molecule has 5 rings (SSSR count). The van der Waals surface area contributed by atoms with E-state index in [2.05, 4.69) is 20.6 Å². The molecule has 5 aromatic rings. The number of aromatic nitrogens is 2. The summed E-state index contributed by atoms with van der Waals surface area (Å²) in [5.41, 5.74) is 8.56. The highest BCUT2D eigenvalue weighted by atomic mass is 35.5. The van der Waals surface area contributed by atoms with Crippen LogP contribution in [0.25, 0.3) is 22.2 Å². The molecule has 1 atom stereocenters. The molecule has 0 aliphatic carbocycles. The Kier molecular flexibility index (Phi) is 9.28. The molecule has 0 aliphatic heterocycles. The van der Waals surface area contributed by atoms with E-state index in [4.69, 9.17) is 31.6 Å². The van der Waals surface area contributed by atoms with E-state index >= 15 is 0 Å². The molecule has 2 aromatic heterocycles. The summed E-state index contributed by atoms with van der Waals surface area (Å²) in [7, 11) is 0. The molecule has 0 spiro atoms. The molecular formula is C31H29ClFN5O4. The van der Waals surface area contributed by atoms with Crippen molar-refractivity contribution in [3.63, 3.8) is 0 Å². The van der Waals surface area contributed by atoms with Crippen LogP contribution in [-0.4, -0.2) is 33.6 Å². The zero-order valence-corrected chi connectivity index (χ0v) is 23.3. The SMILES string of the molecule is NC(CCCNCc1ccc(-c2ccc3ncnc(Nc4ccc(OCc5cccc(F)c5)c(Cl)c4)c3c2)o1)C(=O)O. The summed E-state index contributed by atoms with van der Waals surface area (Å²) in [5, 5.41) is 16.6. The summed E-state index contributed by atoms with van der Waals surface area (Å²) >= 11 is 6.48. The predicted molar refractivity (Wildman–Crippen MR) is 159 cm³/mol. The van der Waals surface area contributed by atoms with Crippen molar-refractivity contribution in [2.24, 2.45) is 5.73 Å². The Morgan fingerprint density at radius 2 is 1.98 bits per heavy atom. The maximum absolute atomic E-state index is 13.4. The second-order valence-corrected chi connectivity index (χ2v) is 10.1. The monoisotopic (exact) mass is 589 g/mol. The number of halogens is 2. The molecule has 0 saturated heterocycles. The van der Waals surface area contributed by atoms with E-state index in [0.717, 1.165) is 22.2 Å². The van der Waals surface area contributed by atoms with Gasteiger partial charge in [-0.25, -0.2) is 14.4 Å². The Morgan fingerprint density at radius 1 is 1.10 bits per heavy atom. The number of rotatable bonds is 13. The number of furan rings is 1. The quantitative estimate of drug-likeness (QED) is 0.117. The van der Waals surface area contributed by atoms with Crippen LogP contribution in [0.2, 0.25) is 5.02 Å². The van der Waals surface area contributed by atoms with Gasteiger partial charge in [-0.15, -0.1) is 0 Å². The highest BCUT2D eigenvalue weighted by Gasteiger charge is 2.12. The molecule has 5 N–H and O–H groups in total. The Bertz CT molecular complexity index is 1700. The first-order valence-corrected chi connectivity index (χ1v) is 13.7. The zero-order chi connectivity index (χ0) is 29.5. The van der Waals surface area contributed by atoms with Gasteiger partial charge in [0, 0.05) is 16.6 Å². The van der Waals surface area contributed by atoms with E-state index < -0.39 is 12.0 Å². The molecule has 0 fully saturated rings. The fraction of sp³-hybridized carbons (Fsp3) is 0.194. The lowest BCUT2D eigenvalue weighted by Gasteiger charge is -2.12. The highest BCUT2D eigenvalue weighted by molar-refractivity contribution is 6.32. The lowest BCUT2D eigenvalue weighted by molar-refractivity contribution is -0.138. The summed E-state index contributed by atoms with van der Waals surface area (Å²) in [6, 6.07) is 20.3. The molecule has 1 unspecified atom stereocenters. The van der Waals surface area contributed by atoms with Crippen LogP contribution >= 0.6 is 11.6 Å². The van der Waals surface area contributed by atoms with Crippen LogP contribution < -0.4 is 21.1 Å². The molecule has 42 heavy (non-hydrogen) atoms. The molecule has 0 aliphatic rings. The van der Waals surface area contributed by atoms with Crippen molar-refractivity contribution in [3.8, 4) is 17.1 Å². The molecule has 216 valence electrons. The highest BCUT2D eigenvalue weighted by Crippen LogP contribution is 2.33. The van der Waals surface area contributed by atoms with Gasteiger partial charge in [0.25, 0.3) is 0 Å². The number of nitrogens with zero attached hydrogens (tertiary/aromatic N) is 2. The second-order valence-electron chi connectivity index (χ2n) is 9.67. The van der Waals surface area contributed by atoms with E-state index in [9.17, 15) is 9.18 Å². The van der Waals surface area contributed by atoms with E-state index in [-0.39, 0.29) is 12.4 Å². The number of benzene rings is 3. The Labute approximate surface area is 246 Å². The predicted octanol–water partition coefficient (Wildman–Crippen LogP) is 6.29. The normalized spacial score (nSPS) is 11.9. The minimum Gasteiger partial charge on any atom is -0.487 e. The van der Waals surface area contributed by atoms with Crippen molar-refractivity contribution in [2.75, 3.05) is 11.9 Å². The largest absolute Gasteiger partial charge is 0.487 e. The molecule has 11 heteroatoms. The maximum atomic E-state index is 13.4. The van der Waals surface area contributed by atoms with Gasteiger partial charge in [-0.3, -0.25) is 4.79 Å². The minimum absolute atomic E-state index is 0.190. The molecule has 3 aromatic carbocycles. The number of carbonyl (C=O) groups is 1. The van der Waals surface area contributed by atoms with Crippen LogP contribution in [0.1, 0.15) is 24.2 Å². The zero-order valence-electron chi connectivity index (χ0n) is 22.5. The minimum atomic E-state index is -0.990. The molecule has 0 bridgehead atoms. The average Bonchev–Trinajstić information content (AvgIpc) is 3.45. The lowest BCUT2D eigenvalue weighted by atomic mass is 10.1. The summed E-state index contributed by atoms with van der Waals surface area (Å²) < 4.78 is 25.3. The average molecular weight is 590 g/mol. The van der Waals surface area contributed by atoms with Gasteiger partial charge in [-0.2, -0.15) is 0 Å². The number of anilines is 2. The fourth-order valence-corrected chi connectivity index (χ4v) is 4.57. The van der Waals surface area contributed by atoms with Crippen LogP contribution in [0.4, 0.5) is 15.9 Å². The maximum Gasteiger partial charge on any atom is 0.320 e. The lowest BCUT2D eigenvalue weighted by Crippen LogP contribution is -2.30. The van der Waals surface area contributed by atoms with Crippen molar-refractivity contribution >= 4 is 40.0 Å². The standard InChI is InChI=1S/C31H29ClFN5O4/c32-25-15-22(7-10-29(25)41-17-19-3-1-4-21(33)13-19)38-30-24-14-20(6-9-27(24)36-18-37-30)28-11-8-23(42-28)16-35-12-2-5-26(34)31(39)40/h1,3-4,6-11,13-15,18,26,35H,2,5,12,16-17,34H2,(H,39,40)(H,36,37,38). The van der Waals surface area contributed by atoms with Crippen molar-refractivity contribution in [1.82, 2.24) is 15.3 Å². The van der Waals surface area contributed by atoms with Crippen LogP contribution in [0.5, 0.6) is 5.75 Å². The first-order valence-electron chi connectivity index (χ1n) is 13.3. The fourth-order valence-electron chi connectivity index (χ4n) is 4.34. The Balaban J connectivity index is 1.24. The van der Waals surface area contributed by atoms with Gasteiger partial charge in [0.15, 0.2) is 0 Å². The van der Waals surface area contributed by atoms with Gasteiger partial charge in [-0.05, 0) is 85.6 Å². The summed E-state index contributed by atoms with van der Waals surface area (Å²) in [6.45, 7) is 1.33. The number of fused-ring (bicyclic) bond motifs is 1. The molecule has 9 nitrogen and oxygen atoms in total. The second kappa shape index (κ2) is 13.4. The Hall–Kier alpha value is -4.51. The first-order chi connectivity index (χ1) is 20.4. The van der Waals surface area contributed by atoms with Crippen molar-refractivity contribution in [1.29, 1.82) is 0 Å². The molecule has 0 radical (unpaired) electrons. The number of carboxylic acid groups (broad SMARTS) is 1. The molecule has 2 heterocycles. The third-order valence-electron chi connectivity index (χ3n) is 6.54. The van der Waals surface area contributed by atoms with Crippen molar-refractivity contribution in [3.05, 3.63) is 101 Å². The van der Waals surface area contributed by atoms with Gasteiger partial charge in [0.1, 0.15) is 47.9 Å². The van der Waals surface area contributed by atoms with Crippen molar-refractivity contribution in [2.45, 2.75) is 32.0 Å².